The van der Waals surface area contributed by atoms with Crippen molar-refractivity contribution in [2.24, 2.45) is 23.3 Å². The number of aliphatic hydroxyl groups excluding tert-OH is 3. The normalized spacial score (nSPS) is 22.7. The molecule has 0 aliphatic carbocycles. The van der Waals surface area contributed by atoms with Gasteiger partial charge in [-0.2, -0.15) is 0 Å². The number of guanidine groups is 1. The predicted octanol–water partition coefficient (Wildman–Crippen LogP) is -1.83. The van der Waals surface area contributed by atoms with Crippen molar-refractivity contribution >= 4 is 23.8 Å². The molecule has 1 aliphatic rings. The number of ether oxygens (including phenoxy) is 3. The SMILES string of the molecule is CC(=O)N[C@H]1[C@H]([C@@H](O)[C@H](O)CO)OC(C(=O)OC(OC(=O)CC[C@@H](N)C(C)C)C(C)C)=C[C@@H]1NC(=N)N. The molecule has 1 rings (SSSR count). The highest BCUT2D eigenvalue weighted by atomic mass is 16.7. The second-order valence-electron chi connectivity index (χ2n) is 9.62. The van der Waals surface area contributed by atoms with Gasteiger partial charge in [-0.1, -0.05) is 27.7 Å². The van der Waals surface area contributed by atoms with E-state index in [1.807, 2.05) is 13.8 Å². The quantitative estimate of drug-likeness (QED) is 0.0566. The van der Waals surface area contributed by atoms with Crippen LogP contribution in [0.5, 0.6) is 0 Å². The van der Waals surface area contributed by atoms with Crippen LogP contribution >= 0.6 is 0 Å². The first kappa shape index (κ1) is 32.1. The molecular formula is C23H41N5O9. The zero-order valence-corrected chi connectivity index (χ0v) is 21.8. The summed E-state index contributed by atoms with van der Waals surface area (Å²) >= 11 is 0. The predicted molar refractivity (Wildman–Crippen MR) is 131 cm³/mol. The Morgan fingerprint density at radius 1 is 1.14 bits per heavy atom. The number of amides is 1. The van der Waals surface area contributed by atoms with Gasteiger partial charge in [0.1, 0.15) is 18.3 Å². The van der Waals surface area contributed by atoms with Crippen LogP contribution in [0.3, 0.4) is 0 Å². The second-order valence-corrected chi connectivity index (χ2v) is 9.62. The summed E-state index contributed by atoms with van der Waals surface area (Å²) in [6.45, 7) is 7.55. The van der Waals surface area contributed by atoms with Gasteiger partial charge in [0.25, 0.3) is 0 Å². The summed E-state index contributed by atoms with van der Waals surface area (Å²) in [6, 6.07) is -2.37. The molecule has 37 heavy (non-hydrogen) atoms. The van der Waals surface area contributed by atoms with E-state index in [0.717, 1.165) is 0 Å². The van der Waals surface area contributed by atoms with Crippen molar-refractivity contribution < 1.29 is 43.9 Å². The molecule has 0 spiro atoms. The number of nitrogens with one attached hydrogen (secondary N) is 3. The Labute approximate surface area is 216 Å². The molecule has 1 heterocycles. The molecule has 0 saturated heterocycles. The van der Waals surface area contributed by atoms with Crippen molar-refractivity contribution in [3.8, 4) is 0 Å². The number of carbonyl (C=O) groups excluding carboxylic acids is 3. The van der Waals surface area contributed by atoms with E-state index in [9.17, 15) is 29.7 Å². The third kappa shape index (κ3) is 10.1. The van der Waals surface area contributed by atoms with Gasteiger partial charge in [0.2, 0.25) is 18.0 Å². The van der Waals surface area contributed by atoms with Crippen LogP contribution in [-0.2, 0) is 28.6 Å². The van der Waals surface area contributed by atoms with Crippen molar-refractivity contribution in [1.82, 2.24) is 10.6 Å². The van der Waals surface area contributed by atoms with Gasteiger partial charge >= 0.3 is 11.9 Å². The lowest BCUT2D eigenvalue weighted by molar-refractivity contribution is -0.197. The molecule has 1 unspecified atom stereocenters. The lowest BCUT2D eigenvalue weighted by atomic mass is 9.92. The zero-order valence-electron chi connectivity index (χ0n) is 21.8. The van der Waals surface area contributed by atoms with E-state index in [-0.39, 0.29) is 18.4 Å². The maximum atomic E-state index is 13.0. The van der Waals surface area contributed by atoms with Crippen LogP contribution in [0, 0.1) is 17.2 Å². The lowest BCUT2D eigenvalue weighted by Gasteiger charge is -2.40. The molecule has 0 fully saturated rings. The Kier molecular flexibility index (Phi) is 12.8. The fraction of sp³-hybridized carbons (Fsp3) is 0.739. The van der Waals surface area contributed by atoms with Crippen LogP contribution in [0.4, 0.5) is 0 Å². The van der Waals surface area contributed by atoms with E-state index >= 15 is 0 Å². The molecule has 10 N–H and O–H groups in total. The number of esters is 2. The van der Waals surface area contributed by atoms with Crippen LogP contribution in [-0.4, -0.2) is 88.5 Å². The van der Waals surface area contributed by atoms with Crippen molar-refractivity contribution in [1.29, 1.82) is 5.41 Å². The van der Waals surface area contributed by atoms with E-state index in [4.69, 9.17) is 31.1 Å². The zero-order chi connectivity index (χ0) is 28.4. The van der Waals surface area contributed by atoms with Crippen molar-refractivity contribution in [3.63, 3.8) is 0 Å². The first-order valence-corrected chi connectivity index (χ1v) is 12.1. The van der Waals surface area contributed by atoms with Gasteiger partial charge in [-0.3, -0.25) is 15.0 Å². The Morgan fingerprint density at radius 3 is 2.24 bits per heavy atom. The minimum absolute atomic E-state index is 0.0234. The topological polar surface area (TPSA) is 240 Å². The Bertz CT molecular complexity index is 835. The van der Waals surface area contributed by atoms with Crippen molar-refractivity contribution in [2.75, 3.05) is 6.61 Å². The minimum Gasteiger partial charge on any atom is -0.478 e. The highest BCUT2D eigenvalue weighted by Gasteiger charge is 2.44. The first-order valence-electron chi connectivity index (χ1n) is 12.1. The Hall–Kier alpha value is -2.94. The van der Waals surface area contributed by atoms with Gasteiger partial charge in [0.05, 0.1) is 18.7 Å². The number of carbonyl (C=O) groups is 3. The molecule has 14 heteroatoms. The molecular weight excluding hydrogens is 490 g/mol. The van der Waals surface area contributed by atoms with Gasteiger partial charge in [0, 0.05) is 25.3 Å². The van der Waals surface area contributed by atoms with Crippen LogP contribution in [0.2, 0.25) is 0 Å². The fourth-order valence-corrected chi connectivity index (χ4v) is 3.44. The van der Waals surface area contributed by atoms with Gasteiger partial charge in [-0.05, 0) is 18.4 Å². The van der Waals surface area contributed by atoms with E-state index in [1.165, 1.54) is 13.0 Å². The Morgan fingerprint density at radius 2 is 1.76 bits per heavy atom. The summed E-state index contributed by atoms with van der Waals surface area (Å²) in [5.41, 5.74) is 11.4. The molecule has 0 aromatic rings. The molecule has 0 aromatic heterocycles. The molecule has 1 amide bonds. The van der Waals surface area contributed by atoms with Crippen LogP contribution in [0.25, 0.3) is 0 Å². The van der Waals surface area contributed by atoms with Crippen LogP contribution in [0.15, 0.2) is 11.8 Å². The Balaban J connectivity index is 3.16. The highest BCUT2D eigenvalue weighted by molar-refractivity contribution is 5.87. The van der Waals surface area contributed by atoms with Crippen LogP contribution < -0.4 is 22.1 Å². The number of aliphatic hydroxyl groups is 3. The number of rotatable bonds is 13. The number of nitrogens with two attached hydrogens (primary N) is 2. The summed E-state index contributed by atoms with van der Waals surface area (Å²) in [5, 5.41) is 42.4. The molecule has 212 valence electrons. The lowest BCUT2D eigenvalue weighted by Crippen LogP contribution is -2.64. The molecule has 1 aliphatic heterocycles. The summed E-state index contributed by atoms with van der Waals surface area (Å²) in [4.78, 5) is 37.1. The van der Waals surface area contributed by atoms with Crippen molar-refractivity contribution in [2.45, 2.75) is 90.2 Å². The van der Waals surface area contributed by atoms with Gasteiger partial charge in [-0.15, -0.1) is 0 Å². The average Bonchev–Trinajstić information content (AvgIpc) is 2.80. The van der Waals surface area contributed by atoms with Gasteiger partial charge < -0.3 is 51.6 Å². The maximum absolute atomic E-state index is 13.0. The molecule has 0 bridgehead atoms. The summed E-state index contributed by atoms with van der Waals surface area (Å²) in [7, 11) is 0. The van der Waals surface area contributed by atoms with E-state index in [0.29, 0.717) is 6.42 Å². The summed E-state index contributed by atoms with van der Waals surface area (Å²) in [6.07, 6.45) is -4.60. The van der Waals surface area contributed by atoms with Crippen LogP contribution in [0.1, 0.15) is 47.5 Å². The number of hydrogen-bond acceptors (Lipinski definition) is 11. The standard InChI is InChI=1S/C23H41N5O9/c1-10(2)13(24)6-7-17(32)36-22(11(3)4)37-21(34)16-8-14(28-23(25)26)18(27-12(5)30)20(35-16)19(33)15(31)9-29/h8,10-11,13-15,18-20,22,29,31,33H,6-7,9,24H2,1-5H3,(H,27,30)(H4,25,26,28)/t13-,14+,15-,18-,19+,20-,22?/m1/s1. The third-order valence-electron chi connectivity index (χ3n) is 5.70. The average molecular weight is 532 g/mol. The molecule has 0 aromatic carbocycles. The first-order chi connectivity index (χ1) is 17.2. The fourth-order valence-electron chi connectivity index (χ4n) is 3.44. The van der Waals surface area contributed by atoms with Crippen molar-refractivity contribution in [3.05, 3.63) is 11.8 Å². The second kappa shape index (κ2) is 14.7. The minimum atomic E-state index is -1.77. The van der Waals surface area contributed by atoms with Gasteiger partial charge in [0.15, 0.2) is 5.96 Å². The monoisotopic (exact) mass is 531 g/mol. The molecule has 0 saturated carbocycles. The third-order valence-corrected chi connectivity index (χ3v) is 5.70. The summed E-state index contributed by atoms with van der Waals surface area (Å²) in [5.74, 6) is -3.46. The number of hydrogen-bond donors (Lipinski definition) is 8. The molecule has 7 atom stereocenters. The molecule has 0 radical (unpaired) electrons. The van der Waals surface area contributed by atoms with E-state index in [1.54, 1.807) is 13.8 Å². The highest BCUT2D eigenvalue weighted by Crippen LogP contribution is 2.25. The summed E-state index contributed by atoms with van der Waals surface area (Å²) < 4.78 is 16.3. The molecule has 14 nitrogen and oxygen atoms in total. The smallest absolute Gasteiger partial charge is 0.376 e. The van der Waals surface area contributed by atoms with E-state index < -0.39 is 78.8 Å². The van der Waals surface area contributed by atoms with E-state index in [2.05, 4.69) is 10.6 Å². The largest absolute Gasteiger partial charge is 0.478 e. The maximum Gasteiger partial charge on any atom is 0.376 e. The van der Waals surface area contributed by atoms with Gasteiger partial charge in [-0.25, -0.2) is 4.79 Å².